The molecular formula is C14H19N3O2. The van der Waals surface area contributed by atoms with Crippen LogP contribution in [0.1, 0.15) is 36.0 Å². The lowest BCUT2D eigenvalue weighted by atomic mass is 9.91. The number of hydrogen-bond donors (Lipinski definition) is 3. The fraction of sp³-hybridized carbons (Fsp3) is 0.429. The van der Waals surface area contributed by atoms with E-state index in [4.69, 9.17) is 5.73 Å². The highest BCUT2D eigenvalue weighted by Gasteiger charge is 2.22. The second-order valence-electron chi connectivity index (χ2n) is 4.89. The average Bonchev–Trinajstić information content (AvgIpc) is 2.42. The van der Waals surface area contributed by atoms with Crippen molar-refractivity contribution in [1.29, 1.82) is 0 Å². The molecule has 1 aliphatic rings. The zero-order valence-corrected chi connectivity index (χ0v) is 10.8. The SMILES string of the molecule is Nc1ccccc1C(=O)N[C@H]1CC[C@@H](NC=O)CC1. The number of para-hydroxylation sites is 1. The number of nitrogen functional groups attached to an aromatic ring is 1. The minimum Gasteiger partial charge on any atom is -0.398 e. The van der Waals surface area contributed by atoms with Crippen LogP contribution in [0.2, 0.25) is 0 Å². The van der Waals surface area contributed by atoms with Crippen molar-refractivity contribution in [3.05, 3.63) is 29.8 Å². The first-order valence-corrected chi connectivity index (χ1v) is 6.55. The number of carbonyl (C=O) groups excluding carboxylic acids is 2. The number of anilines is 1. The zero-order chi connectivity index (χ0) is 13.7. The summed E-state index contributed by atoms with van der Waals surface area (Å²) >= 11 is 0. The fourth-order valence-electron chi connectivity index (χ4n) is 2.47. The molecule has 0 heterocycles. The van der Waals surface area contributed by atoms with E-state index in [2.05, 4.69) is 10.6 Å². The summed E-state index contributed by atoms with van der Waals surface area (Å²) in [5.74, 6) is -0.120. The van der Waals surface area contributed by atoms with Crippen LogP contribution >= 0.6 is 0 Å². The lowest BCUT2D eigenvalue weighted by Crippen LogP contribution is -2.42. The molecule has 0 spiro atoms. The second kappa shape index (κ2) is 6.22. The van der Waals surface area contributed by atoms with Crippen LogP contribution in [0.3, 0.4) is 0 Å². The molecule has 2 amide bonds. The molecule has 1 aliphatic carbocycles. The Kier molecular flexibility index (Phi) is 4.39. The first kappa shape index (κ1) is 13.4. The van der Waals surface area contributed by atoms with Crippen LogP contribution in [0, 0.1) is 0 Å². The number of amides is 2. The van der Waals surface area contributed by atoms with Gasteiger partial charge in [-0.3, -0.25) is 9.59 Å². The third kappa shape index (κ3) is 3.47. The lowest BCUT2D eigenvalue weighted by Gasteiger charge is -2.28. The van der Waals surface area contributed by atoms with E-state index in [0.717, 1.165) is 32.1 Å². The fourth-order valence-corrected chi connectivity index (χ4v) is 2.47. The van der Waals surface area contributed by atoms with Gasteiger partial charge < -0.3 is 16.4 Å². The van der Waals surface area contributed by atoms with E-state index in [1.54, 1.807) is 18.2 Å². The molecule has 2 rings (SSSR count). The molecule has 5 nitrogen and oxygen atoms in total. The molecule has 0 radical (unpaired) electrons. The van der Waals surface area contributed by atoms with Crippen molar-refractivity contribution in [2.24, 2.45) is 0 Å². The molecule has 19 heavy (non-hydrogen) atoms. The highest BCUT2D eigenvalue weighted by atomic mass is 16.1. The Labute approximate surface area is 112 Å². The van der Waals surface area contributed by atoms with Gasteiger partial charge in [0.25, 0.3) is 5.91 Å². The second-order valence-corrected chi connectivity index (χ2v) is 4.89. The maximum atomic E-state index is 12.1. The third-order valence-corrected chi connectivity index (χ3v) is 3.57. The van der Waals surface area contributed by atoms with Crippen LogP contribution in [0.4, 0.5) is 5.69 Å². The maximum absolute atomic E-state index is 12.1. The normalized spacial score (nSPS) is 22.5. The van der Waals surface area contributed by atoms with E-state index in [1.807, 2.05) is 6.07 Å². The van der Waals surface area contributed by atoms with E-state index in [0.29, 0.717) is 11.3 Å². The van der Waals surface area contributed by atoms with Crippen LogP contribution in [-0.4, -0.2) is 24.4 Å². The smallest absolute Gasteiger partial charge is 0.253 e. The number of hydrogen-bond acceptors (Lipinski definition) is 3. The largest absolute Gasteiger partial charge is 0.398 e. The molecule has 5 heteroatoms. The van der Waals surface area contributed by atoms with Gasteiger partial charge in [-0.15, -0.1) is 0 Å². The van der Waals surface area contributed by atoms with Gasteiger partial charge >= 0.3 is 0 Å². The van der Waals surface area contributed by atoms with Crippen LogP contribution in [0.5, 0.6) is 0 Å². The maximum Gasteiger partial charge on any atom is 0.253 e. The summed E-state index contributed by atoms with van der Waals surface area (Å²) in [7, 11) is 0. The van der Waals surface area contributed by atoms with E-state index in [1.165, 1.54) is 0 Å². The Balaban J connectivity index is 1.87. The van der Waals surface area contributed by atoms with Crippen LogP contribution in [0.25, 0.3) is 0 Å². The van der Waals surface area contributed by atoms with Crippen molar-refractivity contribution in [3.63, 3.8) is 0 Å². The predicted octanol–water partition coefficient (Wildman–Crippen LogP) is 1.06. The van der Waals surface area contributed by atoms with E-state index in [9.17, 15) is 9.59 Å². The Morgan fingerprint density at radius 1 is 1.16 bits per heavy atom. The molecule has 0 unspecified atom stereocenters. The Bertz CT molecular complexity index is 454. The van der Waals surface area contributed by atoms with Crippen molar-refractivity contribution in [3.8, 4) is 0 Å². The highest BCUT2D eigenvalue weighted by molar-refractivity contribution is 5.99. The summed E-state index contributed by atoms with van der Waals surface area (Å²) < 4.78 is 0. The van der Waals surface area contributed by atoms with Crippen molar-refractivity contribution >= 4 is 18.0 Å². The van der Waals surface area contributed by atoms with Crippen molar-refractivity contribution in [2.75, 3.05) is 5.73 Å². The van der Waals surface area contributed by atoms with Gasteiger partial charge in [0.1, 0.15) is 0 Å². The van der Waals surface area contributed by atoms with Crippen LogP contribution < -0.4 is 16.4 Å². The van der Waals surface area contributed by atoms with Gasteiger partial charge in [0, 0.05) is 17.8 Å². The molecule has 0 aliphatic heterocycles. The predicted molar refractivity (Wildman–Crippen MR) is 73.6 cm³/mol. The van der Waals surface area contributed by atoms with Crippen LogP contribution in [0.15, 0.2) is 24.3 Å². The summed E-state index contributed by atoms with van der Waals surface area (Å²) in [6, 6.07) is 7.46. The van der Waals surface area contributed by atoms with Crippen molar-refractivity contribution in [2.45, 2.75) is 37.8 Å². The van der Waals surface area contributed by atoms with Gasteiger partial charge in [-0.05, 0) is 37.8 Å². The molecule has 4 N–H and O–H groups in total. The lowest BCUT2D eigenvalue weighted by molar-refractivity contribution is -0.110. The molecule has 1 fully saturated rings. The first-order chi connectivity index (χ1) is 9.20. The van der Waals surface area contributed by atoms with Gasteiger partial charge in [0.15, 0.2) is 0 Å². The number of rotatable bonds is 4. The molecule has 0 aromatic heterocycles. The Hall–Kier alpha value is -2.04. The van der Waals surface area contributed by atoms with Crippen molar-refractivity contribution in [1.82, 2.24) is 10.6 Å². The Morgan fingerprint density at radius 3 is 2.42 bits per heavy atom. The van der Waals surface area contributed by atoms with E-state index in [-0.39, 0.29) is 18.0 Å². The molecule has 0 saturated heterocycles. The summed E-state index contributed by atoms with van der Waals surface area (Å²) in [5, 5.41) is 5.79. The topological polar surface area (TPSA) is 84.2 Å². The quantitative estimate of drug-likeness (QED) is 0.559. The summed E-state index contributed by atoms with van der Waals surface area (Å²) in [6.45, 7) is 0. The highest BCUT2D eigenvalue weighted by Crippen LogP contribution is 2.19. The van der Waals surface area contributed by atoms with E-state index >= 15 is 0 Å². The van der Waals surface area contributed by atoms with Gasteiger partial charge in [-0.1, -0.05) is 12.1 Å². The first-order valence-electron chi connectivity index (χ1n) is 6.55. The van der Waals surface area contributed by atoms with Crippen LogP contribution in [-0.2, 0) is 4.79 Å². The minimum atomic E-state index is -0.120. The third-order valence-electron chi connectivity index (χ3n) is 3.57. The van der Waals surface area contributed by atoms with Gasteiger partial charge in [-0.25, -0.2) is 0 Å². The molecule has 0 bridgehead atoms. The molecule has 102 valence electrons. The molecule has 1 saturated carbocycles. The minimum absolute atomic E-state index is 0.120. The van der Waals surface area contributed by atoms with Gasteiger partial charge in [-0.2, -0.15) is 0 Å². The van der Waals surface area contributed by atoms with Gasteiger partial charge in [0.2, 0.25) is 6.41 Å². The standard InChI is InChI=1S/C14H19N3O2/c15-13-4-2-1-3-12(13)14(19)17-11-7-5-10(6-8-11)16-9-18/h1-4,9-11H,5-8,15H2,(H,16,18)(H,17,19)/t10-,11+. The van der Waals surface area contributed by atoms with E-state index < -0.39 is 0 Å². The Morgan fingerprint density at radius 2 is 1.79 bits per heavy atom. The summed E-state index contributed by atoms with van der Waals surface area (Å²) in [4.78, 5) is 22.4. The number of nitrogens with two attached hydrogens (primary N) is 1. The number of benzene rings is 1. The molecule has 0 atom stereocenters. The van der Waals surface area contributed by atoms with Crippen molar-refractivity contribution < 1.29 is 9.59 Å². The zero-order valence-electron chi connectivity index (χ0n) is 10.8. The number of nitrogens with one attached hydrogen (secondary N) is 2. The molecular weight excluding hydrogens is 242 g/mol. The summed E-state index contributed by atoms with van der Waals surface area (Å²) in [6.07, 6.45) is 4.30. The molecule has 1 aromatic carbocycles. The van der Waals surface area contributed by atoms with Gasteiger partial charge in [0.05, 0.1) is 5.56 Å². The molecule has 1 aromatic rings. The monoisotopic (exact) mass is 261 g/mol. The summed E-state index contributed by atoms with van der Waals surface area (Å²) in [5.41, 5.74) is 6.80. The average molecular weight is 261 g/mol. The number of carbonyl (C=O) groups is 2.